The lowest BCUT2D eigenvalue weighted by atomic mass is 9.97. The van der Waals surface area contributed by atoms with Crippen molar-refractivity contribution in [3.05, 3.63) is 35.9 Å². The highest BCUT2D eigenvalue weighted by atomic mass is 35.5. The van der Waals surface area contributed by atoms with Gasteiger partial charge < -0.3 is 15.5 Å². The number of likely N-dealkylation sites (tertiary alicyclic amines) is 1. The maximum Gasteiger partial charge on any atom is 0.251 e. The zero-order valence-corrected chi connectivity index (χ0v) is 15.1. The van der Waals surface area contributed by atoms with Gasteiger partial charge in [0.05, 0.1) is 0 Å². The Labute approximate surface area is 150 Å². The van der Waals surface area contributed by atoms with Crippen molar-refractivity contribution in [2.24, 2.45) is 5.92 Å². The molecule has 6 heteroatoms. The Hall–Kier alpha value is -1.59. The van der Waals surface area contributed by atoms with E-state index in [1.54, 1.807) is 0 Å². The maximum atomic E-state index is 12.2. The van der Waals surface area contributed by atoms with E-state index in [-0.39, 0.29) is 24.2 Å². The summed E-state index contributed by atoms with van der Waals surface area (Å²) in [6, 6.07) is 9.25. The van der Waals surface area contributed by atoms with Gasteiger partial charge in [-0.1, -0.05) is 18.2 Å². The molecule has 2 amide bonds. The second-order valence-electron chi connectivity index (χ2n) is 6.13. The highest BCUT2D eigenvalue weighted by Gasteiger charge is 2.23. The molecule has 1 fully saturated rings. The van der Waals surface area contributed by atoms with Crippen LogP contribution in [0.3, 0.4) is 0 Å². The molecule has 1 saturated heterocycles. The molecule has 2 N–H and O–H groups in total. The minimum Gasteiger partial charge on any atom is -0.352 e. The van der Waals surface area contributed by atoms with E-state index in [1.165, 1.54) is 0 Å². The Kier molecular flexibility index (Phi) is 9.42. The smallest absolute Gasteiger partial charge is 0.251 e. The molecular formula is C18H28ClN3O2. The molecule has 1 heterocycles. The van der Waals surface area contributed by atoms with E-state index < -0.39 is 0 Å². The first-order valence-electron chi connectivity index (χ1n) is 8.46. The number of carbonyl (C=O) groups is 2. The summed E-state index contributed by atoms with van der Waals surface area (Å²) in [5, 5.41) is 6.06. The molecule has 1 atom stereocenters. The van der Waals surface area contributed by atoms with Crippen LogP contribution in [0.25, 0.3) is 0 Å². The maximum absolute atomic E-state index is 12.2. The molecule has 5 nitrogen and oxygen atoms in total. The molecule has 1 aliphatic heterocycles. The van der Waals surface area contributed by atoms with Crippen molar-refractivity contribution in [1.29, 1.82) is 0 Å². The molecule has 1 unspecified atom stereocenters. The number of hydrogen-bond acceptors (Lipinski definition) is 3. The summed E-state index contributed by atoms with van der Waals surface area (Å²) in [4.78, 5) is 26.2. The minimum atomic E-state index is -0.0388. The number of amides is 2. The SMILES string of the molecule is CNCCCC(=O)N1CCCC(CNC(=O)c2ccccc2)C1.Cl. The van der Waals surface area contributed by atoms with Crippen molar-refractivity contribution < 1.29 is 9.59 Å². The summed E-state index contributed by atoms with van der Waals surface area (Å²) >= 11 is 0. The van der Waals surface area contributed by atoms with Crippen LogP contribution in [0.2, 0.25) is 0 Å². The normalized spacial score (nSPS) is 17.0. The standard InChI is InChI=1S/C18H27N3O2.ClH/c1-19-11-5-10-17(22)21-12-6-7-15(14-21)13-20-18(23)16-8-3-2-4-9-16;/h2-4,8-9,15,19H,5-7,10-14H2,1H3,(H,20,23);1H. The van der Waals surface area contributed by atoms with Crippen molar-refractivity contribution >= 4 is 24.2 Å². The van der Waals surface area contributed by atoms with Gasteiger partial charge in [0.1, 0.15) is 0 Å². The third kappa shape index (κ3) is 6.49. The van der Waals surface area contributed by atoms with Gasteiger partial charge in [0.2, 0.25) is 5.91 Å². The van der Waals surface area contributed by atoms with E-state index in [4.69, 9.17) is 0 Å². The van der Waals surface area contributed by atoms with E-state index in [9.17, 15) is 9.59 Å². The molecule has 1 aromatic rings. The molecule has 2 rings (SSSR count). The van der Waals surface area contributed by atoms with Crippen molar-refractivity contribution in [3.8, 4) is 0 Å². The summed E-state index contributed by atoms with van der Waals surface area (Å²) in [7, 11) is 1.90. The van der Waals surface area contributed by atoms with Crippen LogP contribution in [0.5, 0.6) is 0 Å². The minimum absolute atomic E-state index is 0. The number of nitrogens with one attached hydrogen (secondary N) is 2. The largest absolute Gasteiger partial charge is 0.352 e. The fourth-order valence-electron chi connectivity index (χ4n) is 2.96. The summed E-state index contributed by atoms with van der Waals surface area (Å²) in [6.45, 7) is 3.11. The second kappa shape index (κ2) is 11.0. The molecule has 0 bridgehead atoms. The molecular weight excluding hydrogens is 326 g/mol. The summed E-state index contributed by atoms with van der Waals surface area (Å²) in [6.07, 6.45) is 3.56. The van der Waals surface area contributed by atoms with Crippen molar-refractivity contribution in [3.63, 3.8) is 0 Å². The van der Waals surface area contributed by atoms with Crippen LogP contribution < -0.4 is 10.6 Å². The zero-order chi connectivity index (χ0) is 16.5. The molecule has 0 saturated carbocycles. The Morgan fingerprint density at radius 1 is 1.25 bits per heavy atom. The molecule has 0 spiro atoms. The number of nitrogens with zero attached hydrogens (tertiary/aromatic N) is 1. The number of carbonyl (C=O) groups excluding carboxylic acids is 2. The summed E-state index contributed by atoms with van der Waals surface area (Å²) in [5.41, 5.74) is 0.684. The zero-order valence-electron chi connectivity index (χ0n) is 14.3. The molecule has 0 aromatic heterocycles. The van der Waals surface area contributed by atoms with Gasteiger partial charge in [-0.2, -0.15) is 0 Å². The Morgan fingerprint density at radius 3 is 2.71 bits per heavy atom. The predicted molar refractivity (Wildman–Crippen MR) is 98.5 cm³/mol. The fourth-order valence-corrected chi connectivity index (χ4v) is 2.96. The number of benzene rings is 1. The van der Waals surface area contributed by atoms with E-state index in [2.05, 4.69) is 10.6 Å². The highest BCUT2D eigenvalue weighted by molar-refractivity contribution is 5.94. The second-order valence-corrected chi connectivity index (χ2v) is 6.13. The Bertz CT molecular complexity index is 510. The fraction of sp³-hybridized carbons (Fsp3) is 0.556. The lowest BCUT2D eigenvalue weighted by Crippen LogP contribution is -2.43. The first-order valence-corrected chi connectivity index (χ1v) is 8.46. The van der Waals surface area contributed by atoms with E-state index in [0.717, 1.165) is 38.9 Å². The van der Waals surface area contributed by atoms with Gasteiger partial charge in [-0.15, -0.1) is 12.4 Å². The lowest BCUT2D eigenvalue weighted by Gasteiger charge is -2.33. The van der Waals surface area contributed by atoms with Crippen LogP contribution in [0, 0.1) is 5.92 Å². The van der Waals surface area contributed by atoms with E-state index >= 15 is 0 Å². The van der Waals surface area contributed by atoms with Crippen LogP contribution in [0.4, 0.5) is 0 Å². The Balaban J connectivity index is 0.00000288. The van der Waals surface area contributed by atoms with E-state index in [0.29, 0.717) is 24.4 Å². The van der Waals surface area contributed by atoms with Crippen LogP contribution in [-0.4, -0.2) is 49.9 Å². The lowest BCUT2D eigenvalue weighted by molar-refractivity contribution is -0.133. The number of piperidine rings is 1. The van der Waals surface area contributed by atoms with Gasteiger partial charge in [-0.3, -0.25) is 9.59 Å². The van der Waals surface area contributed by atoms with Gasteiger partial charge in [-0.25, -0.2) is 0 Å². The molecule has 1 aromatic carbocycles. The number of halogens is 1. The first-order chi connectivity index (χ1) is 11.2. The van der Waals surface area contributed by atoms with Gasteiger partial charge in [-0.05, 0) is 50.9 Å². The van der Waals surface area contributed by atoms with E-state index in [1.807, 2.05) is 42.3 Å². The van der Waals surface area contributed by atoms with Crippen molar-refractivity contribution in [2.75, 3.05) is 33.2 Å². The van der Waals surface area contributed by atoms with Gasteiger partial charge in [0.15, 0.2) is 0 Å². The van der Waals surface area contributed by atoms with Gasteiger partial charge in [0.25, 0.3) is 5.91 Å². The third-order valence-corrected chi connectivity index (χ3v) is 4.28. The molecule has 0 radical (unpaired) electrons. The monoisotopic (exact) mass is 353 g/mol. The first kappa shape index (κ1) is 20.5. The van der Waals surface area contributed by atoms with Crippen LogP contribution >= 0.6 is 12.4 Å². The topological polar surface area (TPSA) is 61.4 Å². The quantitative estimate of drug-likeness (QED) is 0.738. The average Bonchev–Trinajstić information content (AvgIpc) is 2.61. The molecule has 0 aliphatic carbocycles. The van der Waals surface area contributed by atoms with Crippen LogP contribution in [0.1, 0.15) is 36.0 Å². The highest BCUT2D eigenvalue weighted by Crippen LogP contribution is 2.17. The van der Waals surface area contributed by atoms with Crippen molar-refractivity contribution in [1.82, 2.24) is 15.5 Å². The molecule has 24 heavy (non-hydrogen) atoms. The van der Waals surface area contributed by atoms with Crippen LogP contribution in [-0.2, 0) is 4.79 Å². The summed E-state index contributed by atoms with van der Waals surface area (Å²) < 4.78 is 0. The predicted octanol–water partition coefficient (Wildman–Crippen LogP) is 2.08. The van der Waals surface area contributed by atoms with Crippen LogP contribution in [0.15, 0.2) is 30.3 Å². The number of hydrogen-bond donors (Lipinski definition) is 2. The summed E-state index contributed by atoms with van der Waals surface area (Å²) in [5.74, 6) is 0.548. The third-order valence-electron chi connectivity index (χ3n) is 4.28. The molecule has 1 aliphatic rings. The van der Waals surface area contributed by atoms with Gasteiger partial charge in [0, 0.05) is 31.6 Å². The molecule has 134 valence electrons. The average molecular weight is 354 g/mol. The van der Waals surface area contributed by atoms with Gasteiger partial charge >= 0.3 is 0 Å². The van der Waals surface area contributed by atoms with Crippen molar-refractivity contribution in [2.45, 2.75) is 25.7 Å². The Morgan fingerprint density at radius 2 is 2.00 bits per heavy atom. The number of rotatable bonds is 7.